The zero-order valence-electron chi connectivity index (χ0n) is 13.6. The highest BCUT2D eigenvalue weighted by molar-refractivity contribution is 6.08. The summed E-state index contributed by atoms with van der Waals surface area (Å²) in [4.78, 5) is 12.7. The Morgan fingerprint density at radius 3 is 2.43 bits per heavy atom. The van der Waals surface area contributed by atoms with E-state index in [9.17, 15) is 4.79 Å². The second-order valence-electron chi connectivity index (χ2n) is 5.94. The van der Waals surface area contributed by atoms with E-state index in [2.05, 4.69) is 5.32 Å². The summed E-state index contributed by atoms with van der Waals surface area (Å²) in [5.41, 5.74) is 10.4. The van der Waals surface area contributed by atoms with Crippen LogP contribution in [0, 0.1) is 6.92 Å². The number of rotatable bonds is 3. The minimum Gasteiger partial charge on any atom is -0.396 e. The largest absolute Gasteiger partial charge is 0.396 e. The number of amides is 1. The summed E-state index contributed by atoms with van der Waals surface area (Å²) in [6, 6.07) is 15.8. The van der Waals surface area contributed by atoms with Crippen molar-refractivity contribution in [2.45, 2.75) is 19.9 Å². The number of nitrogen functional groups attached to an aromatic ring is 1. The van der Waals surface area contributed by atoms with Crippen LogP contribution in [0.5, 0.6) is 0 Å². The van der Waals surface area contributed by atoms with Crippen molar-refractivity contribution in [3.8, 4) is 0 Å². The minimum atomic E-state index is -0.158. The molecule has 1 amide bonds. The molecule has 3 N–H and O–H groups in total. The molecule has 0 aliphatic carbocycles. The number of para-hydroxylation sites is 1. The lowest BCUT2D eigenvalue weighted by atomic mass is 10.1. The zero-order chi connectivity index (χ0) is 16.6. The lowest BCUT2D eigenvalue weighted by molar-refractivity contribution is 0.0933. The van der Waals surface area contributed by atoms with Gasteiger partial charge < -0.3 is 15.6 Å². The summed E-state index contributed by atoms with van der Waals surface area (Å²) in [6.07, 6.45) is 0. The first-order valence-electron chi connectivity index (χ1n) is 7.69. The zero-order valence-corrected chi connectivity index (χ0v) is 13.6. The van der Waals surface area contributed by atoms with Gasteiger partial charge in [0.25, 0.3) is 5.91 Å². The second-order valence-corrected chi connectivity index (χ2v) is 5.94. The van der Waals surface area contributed by atoms with Crippen LogP contribution < -0.4 is 11.1 Å². The monoisotopic (exact) mass is 307 g/mol. The van der Waals surface area contributed by atoms with Crippen LogP contribution in [0.2, 0.25) is 0 Å². The number of nitrogens with one attached hydrogen (secondary N) is 1. The maximum Gasteiger partial charge on any atom is 0.270 e. The molecule has 23 heavy (non-hydrogen) atoms. The summed E-state index contributed by atoms with van der Waals surface area (Å²) in [7, 11) is 1.87. The summed E-state index contributed by atoms with van der Waals surface area (Å²) < 4.78 is 1.85. The Hall–Kier alpha value is -2.75. The van der Waals surface area contributed by atoms with E-state index in [0.717, 1.165) is 16.5 Å². The average molecular weight is 307 g/mol. The molecule has 1 aromatic heterocycles. The minimum absolute atomic E-state index is 0.0829. The molecule has 0 saturated heterocycles. The van der Waals surface area contributed by atoms with Crippen molar-refractivity contribution in [2.75, 3.05) is 5.73 Å². The molecule has 1 heterocycles. The topological polar surface area (TPSA) is 60.1 Å². The van der Waals surface area contributed by atoms with E-state index in [-0.39, 0.29) is 11.9 Å². The molecule has 0 aliphatic heterocycles. The predicted octanol–water partition coefficient (Wildman–Crippen LogP) is 3.56. The fraction of sp³-hybridized carbons (Fsp3) is 0.211. The first-order valence-corrected chi connectivity index (χ1v) is 7.69. The molecule has 4 nitrogen and oxygen atoms in total. The van der Waals surface area contributed by atoms with Gasteiger partial charge in [-0.15, -0.1) is 0 Å². The molecule has 0 spiro atoms. The number of carbonyl (C=O) groups is 1. The van der Waals surface area contributed by atoms with Crippen molar-refractivity contribution in [1.29, 1.82) is 0 Å². The van der Waals surface area contributed by atoms with E-state index in [0.29, 0.717) is 11.4 Å². The van der Waals surface area contributed by atoms with E-state index < -0.39 is 0 Å². The standard InChI is InChI=1S/C19H21N3O/c1-12-8-10-14(11-9-12)13(2)21-19(23)18-17(20)15-6-4-5-7-16(15)22(18)3/h4-11,13H,20H2,1-3H3,(H,21,23). The molecular formula is C19H21N3O. The molecule has 3 aromatic rings. The molecule has 118 valence electrons. The number of aryl methyl sites for hydroxylation is 2. The van der Waals surface area contributed by atoms with Gasteiger partial charge in [-0.25, -0.2) is 0 Å². The fourth-order valence-electron chi connectivity index (χ4n) is 2.90. The summed E-state index contributed by atoms with van der Waals surface area (Å²) in [6.45, 7) is 4.02. The Morgan fingerprint density at radius 2 is 1.78 bits per heavy atom. The molecule has 1 unspecified atom stereocenters. The number of hydrogen-bond acceptors (Lipinski definition) is 2. The SMILES string of the molecule is Cc1ccc(C(C)NC(=O)c2c(N)c3ccccc3n2C)cc1. The van der Waals surface area contributed by atoms with Crippen LogP contribution in [0.25, 0.3) is 10.9 Å². The number of hydrogen-bond donors (Lipinski definition) is 2. The molecule has 0 fully saturated rings. The van der Waals surface area contributed by atoms with Gasteiger partial charge in [-0.1, -0.05) is 48.0 Å². The Bertz CT molecular complexity index is 823. The third kappa shape index (κ3) is 2.68. The van der Waals surface area contributed by atoms with Crippen molar-refractivity contribution >= 4 is 22.5 Å². The summed E-state index contributed by atoms with van der Waals surface area (Å²) >= 11 is 0. The highest BCUT2D eigenvalue weighted by Crippen LogP contribution is 2.27. The number of aromatic nitrogens is 1. The molecule has 0 saturated carbocycles. The van der Waals surface area contributed by atoms with Crippen LogP contribution in [-0.2, 0) is 7.05 Å². The molecule has 0 aliphatic rings. The van der Waals surface area contributed by atoms with Gasteiger partial charge in [0.2, 0.25) is 0 Å². The lowest BCUT2D eigenvalue weighted by Gasteiger charge is -2.15. The Balaban J connectivity index is 1.90. The van der Waals surface area contributed by atoms with Crippen LogP contribution in [0.15, 0.2) is 48.5 Å². The Morgan fingerprint density at radius 1 is 1.13 bits per heavy atom. The maximum absolute atomic E-state index is 12.7. The number of nitrogens with two attached hydrogens (primary N) is 1. The highest BCUT2D eigenvalue weighted by Gasteiger charge is 2.20. The molecule has 2 aromatic carbocycles. The summed E-state index contributed by atoms with van der Waals surface area (Å²) in [5, 5.41) is 3.94. The fourth-order valence-corrected chi connectivity index (χ4v) is 2.90. The Kier molecular flexibility index (Phi) is 3.82. The van der Waals surface area contributed by atoms with Crippen molar-refractivity contribution in [2.24, 2.45) is 7.05 Å². The van der Waals surface area contributed by atoms with Crippen LogP contribution in [0.3, 0.4) is 0 Å². The van der Waals surface area contributed by atoms with Gasteiger partial charge in [-0.05, 0) is 25.5 Å². The molecule has 1 atom stereocenters. The van der Waals surface area contributed by atoms with Crippen molar-refractivity contribution in [3.63, 3.8) is 0 Å². The quantitative estimate of drug-likeness (QED) is 0.777. The van der Waals surface area contributed by atoms with Crippen molar-refractivity contribution < 1.29 is 4.79 Å². The molecular weight excluding hydrogens is 286 g/mol. The normalized spacial score (nSPS) is 12.3. The summed E-state index contributed by atoms with van der Waals surface area (Å²) in [5.74, 6) is -0.158. The van der Waals surface area contributed by atoms with E-state index in [1.807, 2.05) is 74.0 Å². The van der Waals surface area contributed by atoms with Gasteiger partial charge in [-0.2, -0.15) is 0 Å². The van der Waals surface area contributed by atoms with E-state index in [1.165, 1.54) is 5.56 Å². The smallest absolute Gasteiger partial charge is 0.270 e. The number of benzene rings is 2. The van der Waals surface area contributed by atoms with E-state index in [4.69, 9.17) is 5.73 Å². The number of fused-ring (bicyclic) bond motifs is 1. The third-order valence-corrected chi connectivity index (χ3v) is 4.29. The van der Waals surface area contributed by atoms with Gasteiger partial charge in [0.15, 0.2) is 0 Å². The van der Waals surface area contributed by atoms with Gasteiger partial charge in [0.05, 0.1) is 17.2 Å². The predicted molar refractivity (Wildman–Crippen MR) is 94.4 cm³/mol. The molecule has 0 bridgehead atoms. The van der Waals surface area contributed by atoms with Gasteiger partial charge >= 0.3 is 0 Å². The van der Waals surface area contributed by atoms with Crippen molar-refractivity contribution in [3.05, 3.63) is 65.4 Å². The lowest BCUT2D eigenvalue weighted by Crippen LogP contribution is -2.28. The van der Waals surface area contributed by atoms with Gasteiger partial charge in [-0.3, -0.25) is 4.79 Å². The highest BCUT2D eigenvalue weighted by atomic mass is 16.2. The van der Waals surface area contributed by atoms with Gasteiger partial charge in [0.1, 0.15) is 5.69 Å². The number of anilines is 1. The first-order chi connectivity index (χ1) is 11.0. The van der Waals surface area contributed by atoms with Crippen LogP contribution in [0.1, 0.15) is 34.6 Å². The Labute approximate surface area is 135 Å². The average Bonchev–Trinajstić information content (AvgIpc) is 2.80. The van der Waals surface area contributed by atoms with Crippen LogP contribution in [-0.4, -0.2) is 10.5 Å². The number of nitrogens with zero attached hydrogens (tertiary/aromatic N) is 1. The maximum atomic E-state index is 12.7. The molecule has 4 heteroatoms. The first kappa shape index (κ1) is 15.2. The number of carbonyl (C=O) groups excluding carboxylic acids is 1. The van der Waals surface area contributed by atoms with Crippen molar-refractivity contribution in [1.82, 2.24) is 9.88 Å². The third-order valence-electron chi connectivity index (χ3n) is 4.29. The van der Waals surface area contributed by atoms with Crippen LogP contribution >= 0.6 is 0 Å². The second kappa shape index (κ2) is 5.80. The molecule has 0 radical (unpaired) electrons. The molecule has 3 rings (SSSR count). The van der Waals surface area contributed by atoms with E-state index >= 15 is 0 Å². The van der Waals surface area contributed by atoms with E-state index in [1.54, 1.807) is 0 Å². The van der Waals surface area contributed by atoms with Gasteiger partial charge in [0, 0.05) is 12.4 Å². The van der Waals surface area contributed by atoms with Crippen LogP contribution in [0.4, 0.5) is 5.69 Å².